The molecule has 2 aromatic heterocycles. The lowest BCUT2D eigenvalue weighted by Gasteiger charge is -1.98. The number of esters is 1. The van der Waals surface area contributed by atoms with Gasteiger partial charge in [-0.2, -0.15) is 0 Å². The lowest BCUT2D eigenvalue weighted by atomic mass is 10.2. The van der Waals surface area contributed by atoms with Crippen molar-refractivity contribution in [1.29, 1.82) is 0 Å². The zero-order valence-corrected chi connectivity index (χ0v) is 9.02. The summed E-state index contributed by atoms with van der Waals surface area (Å²) in [5.41, 5.74) is 0.848. The molecule has 2 rings (SSSR count). The molecule has 0 spiro atoms. The molecule has 16 heavy (non-hydrogen) atoms. The maximum absolute atomic E-state index is 11.5. The van der Waals surface area contributed by atoms with Crippen molar-refractivity contribution in [2.45, 2.75) is 13.8 Å². The van der Waals surface area contributed by atoms with Gasteiger partial charge in [-0.05, 0) is 19.9 Å². The second kappa shape index (κ2) is 4.22. The predicted molar refractivity (Wildman–Crippen MR) is 54.9 cm³/mol. The first-order valence-corrected chi connectivity index (χ1v) is 4.88. The Morgan fingerprint density at radius 1 is 1.50 bits per heavy atom. The monoisotopic (exact) mass is 221 g/mol. The molecule has 0 unspecified atom stereocenters. The Morgan fingerprint density at radius 3 is 2.94 bits per heavy atom. The lowest BCUT2D eigenvalue weighted by Crippen LogP contribution is -2.06. The summed E-state index contributed by atoms with van der Waals surface area (Å²) in [5.74, 6) is 0.613. The molecule has 2 aromatic rings. The minimum Gasteiger partial charge on any atom is -0.469 e. The molecule has 0 aliphatic rings. The summed E-state index contributed by atoms with van der Waals surface area (Å²) in [4.78, 5) is 15.4. The van der Waals surface area contributed by atoms with Gasteiger partial charge in [0.2, 0.25) is 0 Å². The molecular weight excluding hydrogens is 210 g/mol. The van der Waals surface area contributed by atoms with Gasteiger partial charge in [0, 0.05) is 0 Å². The van der Waals surface area contributed by atoms with Crippen molar-refractivity contribution in [3.63, 3.8) is 0 Å². The zero-order chi connectivity index (χ0) is 11.5. The van der Waals surface area contributed by atoms with Crippen molar-refractivity contribution in [2.24, 2.45) is 0 Å². The second-order valence-electron chi connectivity index (χ2n) is 3.20. The van der Waals surface area contributed by atoms with Crippen molar-refractivity contribution >= 4 is 5.97 Å². The molecule has 0 aliphatic carbocycles. The van der Waals surface area contributed by atoms with Crippen LogP contribution in [0.2, 0.25) is 0 Å². The van der Waals surface area contributed by atoms with Crippen LogP contribution >= 0.6 is 0 Å². The maximum atomic E-state index is 11.5. The first kappa shape index (κ1) is 10.5. The van der Waals surface area contributed by atoms with Crippen molar-refractivity contribution in [3.8, 4) is 11.3 Å². The van der Waals surface area contributed by atoms with Crippen LogP contribution < -0.4 is 0 Å². The molecule has 5 nitrogen and oxygen atoms in total. The van der Waals surface area contributed by atoms with Crippen molar-refractivity contribution < 1.29 is 18.4 Å². The second-order valence-corrected chi connectivity index (χ2v) is 3.20. The molecule has 0 atom stereocenters. The Balaban J connectivity index is 2.36. The molecule has 2 heterocycles. The first-order valence-electron chi connectivity index (χ1n) is 4.88. The van der Waals surface area contributed by atoms with Gasteiger partial charge < -0.3 is 13.6 Å². The third-order valence-electron chi connectivity index (χ3n) is 2.03. The van der Waals surface area contributed by atoms with Crippen molar-refractivity contribution in [1.82, 2.24) is 4.98 Å². The highest BCUT2D eigenvalue weighted by Crippen LogP contribution is 2.25. The quantitative estimate of drug-likeness (QED) is 0.744. The van der Waals surface area contributed by atoms with Crippen LogP contribution in [0.3, 0.4) is 0 Å². The Hall–Kier alpha value is -2.04. The number of carbonyl (C=O) groups is 1. The van der Waals surface area contributed by atoms with E-state index in [2.05, 4.69) is 4.98 Å². The Bertz CT molecular complexity index is 498. The topological polar surface area (TPSA) is 65.5 Å². The largest absolute Gasteiger partial charge is 0.469 e. The van der Waals surface area contributed by atoms with E-state index >= 15 is 0 Å². The molecular formula is C11H11NO4. The molecule has 0 bridgehead atoms. The summed E-state index contributed by atoms with van der Waals surface area (Å²) in [6, 6.07) is 1.77. The minimum atomic E-state index is -0.495. The number of furan rings is 1. The van der Waals surface area contributed by atoms with Gasteiger partial charge in [0.05, 0.1) is 12.2 Å². The number of rotatable bonds is 3. The van der Waals surface area contributed by atoms with E-state index in [0.717, 1.165) is 5.76 Å². The molecule has 0 amide bonds. The number of carbonyl (C=O) groups excluding carboxylic acids is 1. The summed E-state index contributed by atoms with van der Waals surface area (Å²) < 4.78 is 15.2. The Morgan fingerprint density at radius 2 is 2.31 bits per heavy atom. The molecule has 0 fully saturated rings. The molecule has 5 heteroatoms. The molecule has 0 saturated heterocycles. The number of aryl methyl sites for hydroxylation is 1. The molecule has 84 valence electrons. The molecule has 0 aliphatic heterocycles. The summed E-state index contributed by atoms with van der Waals surface area (Å²) in [6.45, 7) is 3.85. The van der Waals surface area contributed by atoms with Gasteiger partial charge in [-0.3, -0.25) is 0 Å². The van der Waals surface area contributed by atoms with Crippen LogP contribution in [0.5, 0.6) is 0 Å². The fourth-order valence-corrected chi connectivity index (χ4v) is 1.36. The SMILES string of the molecule is CCOC(=O)c1ncoc1-c1coc(C)c1. The van der Waals surface area contributed by atoms with E-state index in [-0.39, 0.29) is 5.69 Å². The van der Waals surface area contributed by atoms with E-state index in [9.17, 15) is 4.79 Å². The first-order chi connectivity index (χ1) is 7.72. The van der Waals surface area contributed by atoms with E-state index in [1.54, 1.807) is 13.0 Å². The third kappa shape index (κ3) is 1.84. The van der Waals surface area contributed by atoms with Gasteiger partial charge in [-0.25, -0.2) is 9.78 Å². The van der Waals surface area contributed by atoms with E-state index in [1.165, 1.54) is 12.7 Å². The third-order valence-corrected chi connectivity index (χ3v) is 2.03. The maximum Gasteiger partial charge on any atom is 0.360 e. The number of oxazole rings is 1. The standard InChI is InChI=1S/C11H11NO4/c1-3-14-11(13)9-10(16-6-12-9)8-4-7(2)15-5-8/h4-6H,3H2,1-2H3. The zero-order valence-electron chi connectivity index (χ0n) is 9.02. The van der Waals surface area contributed by atoms with Crippen LogP contribution in [-0.4, -0.2) is 17.6 Å². The normalized spacial score (nSPS) is 10.4. The number of ether oxygens (including phenoxy) is 1. The number of hydrogen-bond acceptors (Lipinski definition) is 5. The van der Waals surface area contributed by atoms with Crippen molar-refractivity contribution in [2.75, 3.05) is 6.61 Å². The van der Waals surface area contributed by atoms with Gasteiger partial charge >= 0.3 is 5.97 Å². The van der Waals surface area contributed by atoms with Crippen LogP contribution in [0.15, 0.2) is 27.6 Å². The smallest absolute Gasteiger partial charge is 0.360 e. The van der Waals surface area contributed by atoms with Crippen LogP contribution in [0.25, 0.3) is 11.3 Å². The van der Waals surface area contributed by atoms with Gasteiger partial charge in [-0.15, -0.1) is 0 Å². The van der Waals surface area contributed by atoms with Gasteiger partial charge in [0.25, 0.3) is 0 Å². The fraction of sp³-hybridized carbons (Fsp3) is 0.273. The summed E-state index contributed by atoms with van der Waals surface area (Å²) in [7, 11) is 0. The van der Waals surface area contributed by atoms with Crippen LogP contribution in [-0.2, 0) is 4.74 Å². The highest BCUT2D eigenvalue weighted by Gasteiger charge is 2.20. The number of aromatic nitrogens is 1. The van der Waals surface area contributed by atoms with E-state index in [4.69, 9.17) is 13.6 Å². The van der Waals surface area contributed by atoms with Crippen LogP contribution in [0.4, 0.5) is 0 Å². The molecule has 0 saturated carbocycles. The lowest BCUT2D eigenvalue weighted by molar-refractivity contribution is 0.0520. The average Bonchev–Trinajstić information content (AvgIpc) is 2.85. The fourth-order valence-electron chi connectivity index (χ4n) is 1.36. The van der Waals surface area contributed by atoms with Gasteiger partial charge in [0.15, 0.2) is 17.8 Å². The van der Waals surface area contributed by atoms with Gasteiger partial charge in [-0.1, -0.05) is 0 Å². The van der Waals surface area contributed by atoms with Crippen molar-refractivity contribution in [3.05, 3.63) is 30.2 Å². The van der Waals surface area contributed by atoms with Crippen LogP contribution in [0.1, 0.15) is 23.2 Å². The Labute approximate surface area is 92.0 Å². The summed E-state index contributed by atoms with van der Waals surface area (Å²) >= 11 is 0. The predicted octanol–water partition coefficient (Wildman–Crippen LogP) is 2.42. The van der Waals surface area contributed by atoms with E-state index < -0.39 is 5.97 Å². The highest BCUT2D eigenvalue weighted by atomic mass is 16.5. The van der Waals surface area contributed by atoms with Gasteiger partial charge in [0.1, 0.15) is 12.0 Å². The van der Waals surface area contributed by atoms with Crippen LogP contribution in [0, 0.1) is 6.92 Å². The number of hydrogen-bond donors (Lipinski definition) is 0. The molecule has 0 aromatic carbocycles. The minimum absolute atomic E-state index is 0.169. The molecule has 0 radical (unpaired) electrons. The number of nitrogens with zero attached hydrogens (tertiary/aromatic N) is 1. The summed E-state index contributed by atoms with van der Waals surface area (Å²) in [6.07, 6.45) is 2.72. The van der Waals surface area contributed by atoms with E-state index in [1.807, 2.05) is 6.92 Å². The molecule has 0 N–H and O–H groups in total. The van der Waals surface area contributed by atoms with E-state index in [0.29, 0.717) is 17.9 Å². The summed E-state index contributed by atoms with van der Waals surface area (Å²) in [5, 5.41) is 0. The average molecular weight is 221 g/mol. The highest BCUT2D eigenvalue weighted by molar-refractivity contribution is 5.93. The Kier molecular flexibility index (Phi) is 2.76.